The van der Waals surface area contributed by atoms with Crippen LogP contribution in [0.15, 0.2) is 42.6 Å². The van der Waals surface area contributed by atoms with Gasteiger partial charge in [0, 0.05) is 0 Å². The predicted octanol–water partition coefficient (Wildman–Crippen LogP) is 2.71. The summed E-state index contributed by atoms with van der Waals surface area (Å²) in [6.45, 7) is 2.73. The van der Waals surface area contributed by atoms with Crippen LogP contribution in [0.25, 0.3) is 0 Å². The van der Waals surface area contributed by atoms with E-state index in [0.29, 0.717) is 12.1 Å². The maximum absolute atomic E-state index is 13.1. The van der Waals surface area contributed by atoms with E-state index in [4.69, 9.17) is 0 Å². The van der Waals surface area contributed by atoms with E-state index in [-0.39, 0.29) is 6.04 Å². The lowest BCUT2D eigenvalue weighted by Crippen LogP contribution is -2.45. The largest absolute Gasteiger partial charge is 0.382 e. The van der Waals surface area contributed by atoms with Gasteiger partial charge in [-0.2, -0.15) is 0 Å². The molecule has 0 radical (unpaired) electrons. The van der Waals surface area contributed by atoms with Gasteiger partial charge in [-0.05, 0) is 42.6 Å². The molecular weight excluding hydrogens is 267 g/mol. The van der Waals surface area contributed by atoms with Crippen molar-refractivity contribution in [2.24, 2.45) is 0 Å². The van der Waals surface area contributed by atoms with Crippen LogP contribution in [0.4, 0.5) is 4.39 Å². The lowest BCUT2D eigenvalue weighted by molar-refractivity contribution is -0.0147. The molecule has 1 aromatic carbocycles. The second kappa shape index (κ2) is 5.54. The van der Waals surface area contributed by atoms with Crippen molar-refractivity contribution < 1.29 is 9.50 Å². The third-order valence-electron chi connectivity index (χ3n) is 4.30. The molecule has 0 amide bonds. The number of pyridine rings is 1. The summed E-state index contributed by atoms with van der Waals surface area (Å²) in [6, 6.07) is 10.8. The van der Waals surface area contributed by atoms with E-state index >= 15 is 0 Å². The second-order valence-electron chi connectivity index (χ2n) is 5.48. The maximum Gasteiger partial charge on any atom is 0.141 e. The fourth-order valence-electron chi connectivity index (χ4n) is 3.10. The van der Waals surface area contributed by atoms with Crippen LogP contribution in [0.1, 0.15) is 36.2 Å². The van der Waals surface area contributed by atoms with Crippen molar-refractivity contribution in [3.63, 3.8) is 0 Å². The van der Waals surface area contributed by atoms with Gasteiger partial charge in [-0.15, -0.1) is 0 Å². The van der Waals surface area contributed by atoms with Gasteiger partial charge in [0.2, 0.25) is 0 Å². The number of benzene rings is 1. The number of nitrogens with zero attached hydrogens (tertiary/aromatic N) is 1. The Kier molecular flexibility index (Phi) is 3.74. The van der Waals surface area contributed by atoms with Crippen LogP contribution in [0.5, 0.6) is 0 Å². The number of fused-ring (bicyclic) bond motifs is 1. The lowest BCUT2D eigenvalue weighted by Gasteiger charge is -2.39. The highest BCUT2D eigenvalue weighted by Gasteiger charge is 2.41. The normalized spacial score (nSPS) is 20.6. The van der Waals surface area contributed by atoms with E-state index in [1.165, 1.54) is 11.6 Å². The van der Waals surface area contributed by atoms with Crippen LogP contribution >= 0.6 is 0 Å². The molecule has 1 aliphatic rings. The minimum atomic E-state index is -1.15. The number of rotatable bonds is 3. The van der Waals surface area contributed by atoms with Crippen molar-refractivity contribution in [1.82, 2.24) is 10.3 Å². The third kappa shape index (κ3) is 2.45. The summed E-state index contributed by atoms with van der Waals surface area (Å²) in [6.07, 6.45) is 2.60. The highest BCUT2D eigenvalue weighted by molar-refractivity contribution is 5.36. The predicted molar refractivity (Wildman–Crippen MR) is 79.3 cm³/mol. The highest BCUT2D eigenvalue weighted by Crippen LogP contribution is 2.39. The molecule has 2 atom stereocenters. The Morgan fingerprint density at radius 2 is 2.14 bits per heavy atom. The number of aliphatic hydroxyl groups is 1. The summed E-state index contributed by atoms with van der Waals surface area (Å²) in [7, 11) is 0. The first-order chi connectivity index (χ1) is 10.1. The Balaban J connectivity index is 2.06. The molecule has 2 aromatic rings. The molecule has 0 bridgehead atoms. The van der Waals surface area contributed by atoms with Crippen LogP contribution in [0, 0.1) is 5.82 Å². The Hall–Kier alpha value is -1.78. The summed E-state index contributed by atoms with van der Waals surface area (Å²) in [4.78, 5) is 4.10. The van der Waals surface area contributed by atoms with Crippen molar-refractivity contribution in [3.8, 4) is 0 Å². The molecule has 1 aliphatic heterocycles. The molecule has 0 aliphatic carbocycles. The van der Waals surface area contributed by atoms with Crippen LogP contribution < -0.4 is 5.32 Å². The summed E-state index contributed by atoms with van der Waals surface area (Å²) in [5.41, 5.74) is 1.69. The number of hydrogen-bond acceptors (Lipinski definition) is 3. The van der Waals surface area contributed by atoms with E-state index < -0.39 is 11.4 Å². The first-order valence-electron chi connectivity index (χ1n) is 7.30. The zero-order valence-corrected chi connectivity index (χ0v) is 12.0. The third-order valence-corrected chi connectivity index (χ3v) is 4.30. The zero-order chi connectivity index (χ0) is 14.9. The van der Waals surface area contributed by atoms with Crippen LogP contribution in [0.2, 0.25) is 0 Å². The van der Waals surface area contributed by atoms with Crippen LogP contribution in [0.3, 0.4) is 0 Å². The van der Waals surface area contributed by atoms with Gasteiger partial charge < -0.3 is 10.4 Å². The summed E-state index contributed by atoms with van der Waals surface area (Å²) < 4.78 is 13.1. The SMILES string of the molecule is CCC(O)(c1ccc(F)cn1)C1NCCc2ccccc21. The Morgan fingerprint density at radius 3 is 2.86 bits per heavy atom. The van der Waals surface area contributed by atoms with Gasteiger partial charge in [-0.1, -0.05) is 31.2 Å². The Morgan fingerprint density at radius 1 is 1.33 bits per heavy atom. The molecule has 1 aromatic heterocycles. The van der Waals surface area contributed by atoms with Gasteiger partial charge >= 0.3 is 0 Å². The molecule has 0 spiro atoms. The smallest absolute Gasteiger partial charge is 0.141 e. The van der Waals surface area contributed by atoms with E-state index in [1.807, 2.05) is 25.1 Å². The molecular formula is C17H19FN2O. The lowest BCUT2D eigenvalue weighted by atomic mass is 9.79. The van der Waals surface area contributed by atoms with Crippen LogP contribution in [-0.4, -0.2) is 16.6 Å². The molecule has 110 valence electrons. The molecule has 0 fully saturated rings. The minimum Gasteiger partial charge on any atom is -0.382 e. The number of aromatic nitrogens is 1. The quantitative estimate of drug-likeness (QED) is 0.912. The average molecular weight is 286 g/mol. The zero-order valence-electron chi connectivity index (χ0n) is 12.0. The van der Waals surface area contributed by atoms with Crippen LogP contribution in [-0.2, 0) is 12.0 Å². The van der Waals surface area contributed by atoms with Gasteiger partial charge in [0.25, 0.3) is 0 Å². The minimum absolute atomic E-state index is 0.231. The molecule has 2 heterocycles. The average Bonchev–Trinajstić information content (AvgIpc) is 2.54. The Bertz CT molecular complexity index is 629. The molecule has 3 rings (SSSR count). The van der Waals surface area contributed by atoms with E-state index in [2.05, 4.69) is 16.4 Å². The maximum atomic E-state index is 13.1. The van der Waals surface area contributed by atoms with Crippen molar-refractivity contribution >= 4 is 0 Å². The van der Waals surface area contributed by atoms with Gasteiger partial charge in [0.15, 0.2) is 0 Å². The Labute approximate surface area is 123 Å². The van der Waals surface area contributed by atoms with E-state index in [0.717, 1.165) is 24.7 Å². The summed E-state index contributed by atoms with van der Waals surface area (Å²) in [5, 5.41) is 14.6. The second-order valence-corrected chi connectivity index (χ2v) is 5.48. The molecule has 4 heteroatoms. The first kappa shape index (κ1) is 14.2. The molecule has 3 nitrogen and oxygen atoms in total. The number of nitrogens with one attached hydrogen (secondary N) is 1. The summed E-state index contributed by atoms with van der Waals surface area (Å²) >= 11 is 0. The molecule has 0 saturated heterocycles. The fourth-order valence-corrected chi connectivity index (χ4v) is 3.10. The van der Waals surface area contributed by atoms with Gasteiger partial charge in [0.05, 0.1) is 17.9 Å². The highest BCUT2D eigenvalue weighted by atomic mass is 19.1. The fraction of sp³-hybridized carbons (Fsp3) is 0.353. The first-order valence-corrected chi connectivity index (χ1v) is 7.30. The van der Waals surface area contributed by atoms with Crippen molar-refractivity contribution in [3.05, 3.63) is 65.2 Å². The van der Waals surface area contributed by atoms with E-state index in [1.54, 1.807) is 6.07 Å². The topological polar surface area (TPSA) is 45.2 Å². The van der Waals surface area contributed by atoms with Crippen molar-refractivity contribution in [2.45, 2.75) is 31.4 Å². The molecule has 21 heavy (non-hydrogen) atoms. The number of halogens is 1. The van der Waals surface area contributed by atoms with E-state index in [9.17, 15) is 9.50 Å². The monoisotopic (exact) mass is 286 g/mol. The summed E-state index contributed by atoms with van der Waals surface area (Å²) in [5.74, 6) is -0.394. The van der Waals surface area contributed by atoms with Gasteiger partial charge in [-0.25, -0.2) is 4.39 Å². The molecule has 0 saturated carbocycles. The standard InChI is InChI=1S/C17H19FN2O/c1-2-17(21,15-8-7-13(18)11-20-15)16-14-6-4-3-5-12(14)9-10-19-16/h3-8,11,16,19,21H,2,9-10H2,1H3. The van der Waals surface area contributed by atoms with Gasteiger partial charge in [0.1, 0.15) is 11.4 Å². The molecule has 2 N–H and O–H groups in total. The molecule has 2 unspecified atom stereocenters. The number of hydrogen-bond donors (Lipinski definition) is 2. The van der Waals surface area contributed by atoms with Crippen molar-refractivity contribution in [1.29, 1.82) is 0 Å². The van der Waals surface area contributed by atoms with Gasteiger partial charge in [-0.3, -0.25) is 4.98 Å². The van der Waals surface area contributed by atoms with Crippen molar-refractivity contribution in [2.75, 3.05) is 6.54 Å².